The third-order valence-corrected chi connectivity index (χ3v) is 3.11. The van der Waals surface area contributed by atoms with Gasteiger partial charge < -0.3 is 19.4 Å². The minimum Gasteiger partial charge on any atom is -0.432 e. The number of rotatable bonds is 7. The second kappa shape index (κ2) is 5.92. The highest BCUT2D eigenvalue weighted by Crippen LogP contribution is 2.30. The molecule has 1 fully saturated rings. The highest BCUT2D eigenvalue weighted by molar-refractivity contribution is 5.31. The molecule has 5 nitrogen and oxygen atoms in total. The molecule has 1 aromatic rings. The molecule has 2 rings (SSSR count). The van der Waals surface area contributed by atoms with Crippen LogP contribution in [0.3, 0.4) is 0 Å². The van der Waals surface area contributed by atoms with Crippen molar-refractivity contribution in [1.82, 2.24) is 10.3 Å². The van der Waals surface area contributed by atoms with Crippen LogP contribution in [0.15, 0.2) is 10.7 Å². The molecule has 1 aromatic heterocycles. The molecule has 0 bridgehead atoms. The molecule has 1 N–H and O–H groups in total. The zero-order valence-corrected chi connectivity index (χ0v) is 12.4. The van der Waals surface area contributed by atoms with Gasteiger partial charge in [-0.05, 0) is 33.6 Å². The van der Waals surface area contributed by atoms with Crippen LogP contribution in [-0.2, 0) is 11.3 Å². The van der Waals surface area contributed by atoms with Gasteiger partial charge in [0.1, 0.15) is 6.26 Å². The normalized spacial score (nSPS) is 15.8. The average molecular weight is 267 g/mol. The summed E-state index contributed by atoms with van der Waals surface area (Å²) in [5.74, 6) is 0. The number of methoxy groups -OCH3 is 1. The first-order chi connectivity index (χ1) is 8.99. The number of anilines is 1. The Hall–Kier alpha value is -1.07. The van der Waals surface area contributed by atoms with Gasteiger partial charge in [0, 0.05) is 31.8 Å². The van der Waals surface area contributed by atoms with Gasteiger partial charge in [-0.1, -0.05) is 0 Å². The summed E-state index contributed by atoms with van der Waals surface area (Å²) in [4.78, 5) is 6.78. The largest absolute Gasteiger partial charge is 0.432 e. The number of hydrogen-bond acceptors (Lipinski definition) is 5. The molecule has 0 unspecified atom stereocenters. The predicted octanol–water partition coefficient (Wildman–Crippen LogP) is 2.18. The quantitative estimate of drug-likeness (QED) is 0.820. The van der Waals surface area contributed by atoms with E-state index in [2.05, 4.69) is 36.0 Å². The first-order valence-corrected chi connectivity index (χ1v) is 6.94. The van der Waals surface area contributed by atoms with E-state index in [1.807, 2.05) is 0 Å². The molecule has 0 aromatic carbocycles. The minimum absolute atomic E-state index is 0.0886. The SMILES string of the molecule is COCCN(c1nc(CNC(C)(C)C)co1)C1CC1. The zero-order chi connectivity index (χ0) is 13.9. The van der Waals surface area contributed by atoms with Crippen LogP contribution in [0.1, 0.15) is 39.3 Å². The molecule has 0 atom stereocenters. The Kier molecular flexibility index (Phi) is 4.47. The topological polar surface area (TPSA) is 50.5 Å². The summed E-state index contributed by atoms with van der Waals surface area (Å²) in [6.07, 6.45) is 4.19. The van der Waals surface area contributed by atoms with Crippen LogP contribution >= 0.6 is 0 Å². The molecule has 5 heteroatoms. The predicted molar refractivity (Wildman–Crippen MR) is 75.3 cm³/mol. The lowest BCUT2D eigenvalue weighted by atomic mass is 10.1. The number of oxazole rings is 1. The monoisotopic (exact) mass is 267 g/mol. The van der Waals surface area contributed by atoms with E-state index in [-0.39, 0.29) is 5.54 Å². The summed E-state index contributed by atoms with van der Waals surface area (Å²) in [5.41, 5.74) is 1.04. The number of nitrogens with zero attached hydrogens (tertiary/aromatic N) is 2. The van der Waals surface area contributed by atoms with E-state index < -0.39 is 0 Å². The number of hydrogen-bond donors (Lipinski definition) is 1. The molecule has 0 aliphatic heterocycles. The zero-order valence-electron chi connectivity index (χ0n) is 12.4. The van der Waals surface area contributed by atoms with E-state index in [9.17, 15) is 0 Å². The number of ether oxygens (including phenoxy) is 1. The van der Waals surface area contributed by atoms with Gasteiger partial charge >= 0.3 is 0 Å². The third-order valence-electron chi connectivity index (χ3n) is 3.11. The Labute approximate surface area is 115 Å². The fourth-order valence-corrected chi connectivity index (χ4v) is 1.88. The van der Waals surface area contributed by atoms with E-state index in [0.29, 0.717) is 12.6 Å². The first-order valence-electron chi connectivity index (χ1n) is 6.94. The minimum atomic E-state index is 0.0886. The lowest BCUT2D eigenvalue weighted by molar-refractivity contribution is 0.203. The van der Waals surface area contributed by atoms with Crippen molar-refractivity contribution in [3.63, 3.8) is 0 Å². The Balaban J connectivity index is 1.94. The summed E-state index contributed by atoms with van der Waals surface area (Å²) >= 11 is 0. The Morgan fingerprint density at radius 1 is 1.47 bits per heavy atom. The molecule has 1 aliphatic carbocycles. The molecule has 108 valence electrons. The van der Waals surface area contributed by atoms with E-state index in [1.54, 1.807) is 13.4 Å². The van der Waals surface area contributed by atoms with Gasteiger partial charge in [-0.3, -0.25) is 0 Å². The maximum atomic E-state index is 5.61. The fraction of sp³-hybridized carbons (Fsp3) is 0.786. The summed E-state index contributed by atoms with van der Waals surface area (Å²) in [6, 6.07) is 1.31. The van der Waals surface area contributed by atoms with Gasteiger partial charge in [0.15, 0.2) is 0 Å². The van der Waals surface area contributed by atoms with Crippen molar-refractivity contribution >= 4 is 6.01 Å². The molecule has 1 heterocycles. The van der Waals surface area contributed by atoms with E-state index in [1.165, 1.54) is 12.8 Å². The van der Waals surface area contributed by atoms with Crippen molar-refractivity contribution < 1.29 is 9.15 Å². The molecule has 19 heavy (non-hydrogen) atoms. The third kappa shape index (κ3) is 4.51. The maximum Gasteiger partial charge on any atom is 0.297 e. The van der Waals surface area contributed by atoms with Crippen molar-refractivity contribution in [3.05, 3.63) is 12.0 Å². The summed E-state index contributed by atoms with van der Waals surface area (Å²) in [6.45, 7) is 8.70. The second-order valence-corrected chi connectivity index (χ2v) is 6.14. The van der Waals surface area contributed by atoms with Crippen molar-refractivity contribution in [3.8, 4) is 0 Å². The molecular formula is C14H25N3O2. The van der Waals surface area contributed by atoms with Crippen LogP contribution in [0.2, 0.25) is 0 Å². The molecule has 1 aliphatic rings. The Bertz CT molecular complexity index is 394. The first kappa shape index (κ1) is 14.3. The van der Waals surface area contributed by atoms with Crippen LogP contribution in [0, 0.1) is 0 Å². The van der Waals surface area contributed by atoms with Gasteiger partial charge in [0.05, 0.1) is 12.3 Å². The van der Waals surface area contributed by atoms with Crippen LogP contribution in [0.25, 0.3) is 0 Å². The van der Waals surface area contributed by atoms with Crippen LogP contribution in [0.4, 0.5) is 6.01 Å². The Morgan fingerprint density at radius 2 is 2.21 bits per heavy atom. The lowest BCUT2D eigenvalue weighted by Crippen LogP contribution is -2.35. The molecule has 0 radical (unpaired) electrons. The summed E-state index contributed by atoms with van der Waals surface area (Å²) < 4.78 is 10.8. The van der Waals surface area contributed by atoms with Crippen molar-refractivity contribution in [1.29, 1.82) is 0 Å². The van der Waals surface area contributed by atoms with Gasteiger partial charge in [-0.15, -0.1) is 0 Å². The summed E-state index contributed by atoms with van der Waals surface area (Å²) in [7, 11) is 1.72. The van der Waals surface area contributed by atoms with Gasteiger partial charge in [0.25, 0.3) is 6.01 Å². The second-order valence-electron chi connectivity index (χ2n) is 6.14. The Morgan fingerprint density at radius 3 is 2.79 bits per heavy atom. The number of aromatic nitrogens is 1. The van der Waals surface area contributed by atoms with Gasteiger partial charge in [-0.25, -0.2) is 0 Å². The standard InChI is InChI=1S/C14H25N3O2/c1-14(2,3)15-9-11-10-19-13(16-11)17(7-8-18-4)12-5-6-12/h10,12,15H,5-9H2,1-4H3. The highest BCUT2D eigenvalue weighted by atomic mass is 16.5. The molecule has 1 saturated carbocycles. The van der Waals surface area contributed by atoms with Gasteiger partial charge in [-0.2, -0.15) is 4.98 Å². The van der Waals surface area contributed by atoms with E-state index >= 15 is 0 Å². The van der Waals surface area contributed by atoms with E-state index in [4.69, 9.17) is 9.15 Å². The molecular weight excluding hydrogens is 242 g/mol. The number of nitrogens with one attached hydrogen (secondary N) is 1. The molecule has 0 spiro atoms. The molecule has 0 saturated heterocycles. The van der Waals surface area contributed by atoms with Crippen LogP contribution in [0.5, 0.6) is 0 Å². The summed E-state index contributed by atoms with van der Waals surface area (Å²) in [5, 5.41) is 3.41. The molecule has 0 amide bonds. The van der Waals surface area contributed by atoms with Crippen molar-refractivity contribution in [2.75, 3.05) is 25.2 Å². The van der Waals surface area contributed by atoms with E-state index in [0.717, 1.165) is 24.8 Å². The highest BCUT2D eigenvalue weighted by Gasteiger charge is 2.31. The van der Waals surface area contributed by atoms with Crippen LogP contribution < -0.4 is 10.2 Å². The van der Waals surface area contributed by atoms with Crippen molar-refractivity contribution in [2.45, 2.75) is 51.7 Å². The van der Waals surface area contributed by atoms with Crippen molar-refractivity contribution in [2.24, 2.45) is 0 Å². The van der Waals surface area contributed by atoms with Gasteiger partial charge in [0.2, 0.25) is 0 Å². The lowest BCUT2D eigenvalue weighted by Gasteiger charge is -2.20. The smallest absolute Gasteiger partial charge is 0.297 e. The average Bonchev–Trinajstić information content (AvgIpc) is 3.05. The maximum absolute atomic E-state index is 5.61. The van der Waals surface area contributed by atoms with Crippen LogP contribution in [-0.4, -0.2) is 36.8 Å². The fourth-order valence-electron chi connectivity index (χ4n) is 1.88.